The number of hydrogen-bond donors (Lipinski definition) is 0. The minimum atomic E-state index is -0.787. The highest BCUT2D eigenvalue weighted by molar-refractivity contribution is 5.71. The topological polar surface area (TPSA) is 78.9 Å². The summed E-state index contributed by atoms with van der Waals surface area (Å²) in [5, 5.41) is 0. The van der Waals surface area contributed by atoms with Crippen LogP contribution in [0.1, 0.15) is 239 Å². The monoisotopic (exact) mass is 799 g/mol. The van der Waals surface area contributed by atoms with Gasteiger partial charge in [-0.25, -0.2) is 0 Å². The molecule has 1 atom stereocenters. The first-order chi connectivity index (χ1) is 28.0. The van der Waals surface area contributed by atoms with Crippen molar-refractivity contribution < 1.29 is 28.6 Å². The zero-order chi connectivity index (χ0) is 41.5. The summed E-state index contributed by atoms with van der Waals surface area (Å²) in [5.41, 5.74) is 0. The highest BCUT2D eigenvalue weighted by Gasteiger charge is 2.19. The Morgan fingerprint density at radius 1 is 0.368 bits per heavy atom. The zero-order valence-corrected chi connectivity index (χ0v) is 37.6. The Hall–Kier alpha value is -2.63. The van der Waals surface area contributed by atoms with Crippen molar-refractivity contribution >= 4 is 17.9 Å². The number of carbonyl (C=O) groups is 3. The van der Waals surface area contributed by atoms with Crippen LogP contribution in [0, 0.1) is 0 Å². The lowest BCUT2D eigenvalue weighted by Crippen LogP contribution is -2.30. The van der Waals surface area contributed by atoms with Crippen molar-refractivity contribution in [2.24, 2.45) is 0 Å². The van der Waals surface area contributed by atoms with Crippen LogP contribution in [-0.4, -0.2) is 37.2 Å². The van der Waals surface area contributed by atoms with E-state index in [9.17, 15) is 14.4 Å². The van der Waals surface area contributed by atoms with Crippen molar-refractivity contribution in [2.45, 2.75) is 245 Å². The largest absolute Gasteiger partial charge is 0.462 e. The second-order valence-electron chi connectivity index (χ2n) is 16.0. The predicted molar refractivity (Wildman–Crippen MR) is 242 cm³/mol. The third-order valence-corrected chi connectivity index (χ3v) is 10.3. The standard InChI is InChI=1S/C51H90O6/c1-4-7-10-13-16-19-22-25-27-29-32-35-38-41-44-50(53)56-47-48(46-55-49(52)43-40-37-34-31-28-24-21-18-15-12-9-6-3)57-51(54)45-42-39-36-33-30-26-23-20-17-14-11-8-5-2/h8,11,17-18,20-21,26,30,48H,4-7,9-10,12-16,19,22-25,27-29,31-47H2,1-3H3/b11-8-,20-17-,21-18-,30-26-. The molecule has 0 aliphatic rings. The maximum Gasteiger partial charge on any atom is 0.306 e. The van der Waals surface area contributed by atoms with E-state index in [0.29, 0.717) is 19.3 Å². The van der Waals surface area contributed by atoms with Gasteiger partial charge in [-0.15, -0.1) is 0 Å². The molecule has 0 radical (unpaired) electrons. The molecule has 57 heavy (non-hydrogen) atoms. The van der Waals surface area contributed by atoms with Crippen molar-refractivity contribution in [2.75, 3.05) is 13.2 Å². The number of unbranched alkanes of at least 4 members (excludes halogenated alkanes) is 24. The van der Waals surface area contributed by atoms with Crippen LogP contribution >= 0.6 is 0 Å². The van der Waals surface area contributed by atoms with Crippen LogP contribution in [0.5, 0.6) is 0 Å². The van der Waals surface area contributed by atoms with E-state index >= 15 is 0 Å². The van der Waals surface area contributed by atoms with Gasteiger partial charge in [0.2, 0.25) is 0 Å². The van der Waals surface area contributed by atoms with E-state index < -0.39 is 6.10 Å². The molecule has 0 saturated heterocycles. The predicted octanol–water partition coefficient (Wildman–Crippen LogP) is 15.5. The summed E-state index contributed by atoms with van der Waals surface area (Å²) in [6.07, 6.45) is 53.8. The molecule has 0 rings (SSSR count). The Morgan fingerprint density at radius 2 is 0.684 bits per heavy atom. The molecule has 0 N–H and O–H groups in total. The van der Waals surface area contributed by atoms with Gasteiger partial charge in [0.15, 0.2) is 6.10 Å². The van der Waals surface area contributed by atoms with Gasteiger partial charge in [0.05, 0.1) is 0 Å². The number of carbonyl (C=O) groups excluding carboxylic acids is 3. The fourth-order valence-electron chi connectivity index (χ4n) is 6.69. The molecule has 6 nitrogen and oxygen atoms in total. The summed E-state index contributed by atoms with van der Waals surface area (Å²) in [7, 11) is 0. The van der Waals surface area contributed by atoms with Crippen molar-refractivity contribution in [1.29, 1.82) is 0 Å². The summed E-state index contributed by atoms with van der Waals surface area (Å²) in [4.78, 5) is 37.8. The average Bonchev–Trinajstić information content (AvgIpc) is 3.21. The van der Waals surface area contributed by atoms with Gasteiger partial charge in [-0.2, -0.15) is 0 Å². The number of allylic oxidation sites excluding steroid dienone is 8. The van der Waals surface area contributed by atoms with E-state index in [1.807, 2.05) is 0 Å². The van der Waals surface area contributed by atoms with Crippen LogP contribution in [0.2, 0.25) is 0 Å². The number of hydrogen-bond acceptors (Lipinski definition) is 6. The molecule has 0 heterocycles. The first-order valence-corrected chi connectivity index (χ1v) is 24.1. The Labute approximate surface area is 352 Å². The van der Waals surface area contributed by atoms with E-state index in [1.165, 1.54) is 109 Å². The van der Waals surface area contributed by atoms with Gasteiger partial charge in [0, 0.05) is 19.3 Å². The van der Waals surface area contributed by atoms with Gasteiger partial charge in [-0.1, -0.05) is 191 Å². The SMILES string of the molecule is CC/C=C\C/C=C\C/C=C\CCCCCC(=O)OC(COC(=O)CCCCCCC/C=C\CCCCC)COC(=O)CCCCCCCCCCCCCCCC. The Morgan fingerprint density at radius 3 is 1.14 bits per heavy atom. The third-order valence-electron chi connectivity index (χ3n) is 10.3. The van der Waals surface area contributed by atoms with E-state index in [-0.39, 0.29) is 31.1 Å². The smallest absolute Gasteiger partial charge is 0.306 e. The molecule has 330 valence electrons. The molecule has 0 bridgehead atoms. The van der Waals surface area contributed by atoms with E-state index in [2.05, 4.69) is 69.4 Å². The molecule has 6 heteroatoms. The number of rotatable bonds is 43. The van der Waals surface area contributed by atoms with Crippen LogP contribution in [0.15, 0.2) is 48.6 Å². The zero-order valence-electron chi connectivity index (χ0n) is 37.6. The van der Waals surface area contributed by atoms with E-state index in [0.717, 1.165) is 89.9 Å². The molecule has 0 aromatic heterocycles. The molecular formula is C51H90O6. The molecule has 1 unspecified atom stereocenters. The lowest BCUT2D eigenvalue weighted by Gasteiger charge is -2.18. The highest BCUT2D eigenvalue weighted by atomic mass is 16.6. The van der Waals surface area contributed by atoms with Gasteiger partial charge < -0.3 is 14.2 Å². The molecule has 0 aromatic carbocycles. The second kappa shape index (κ2) is 46.1. The summed E-state index contributed by atoms with van der Waals surface area (Å²) in [6.45, 7) is 6.47. The van der Waals surface area contributed by atoms with Gasteiger partial charge in [-0.3, -0.25) is 14.4 Å². The summed E-state index contributed by atoms with van der Waals surface area (Å²) in [5.74, 6) is -0.922. The van der Waals surface area contributed by atoms with E-state index in [1.54, 1.807) is 0 Å². The van der Waals surface area contributed by atoms with Crippen LogP contribution < -0.4 is 0 Å². The Bertz CT molecular complexity index is 1010. The first-order valence-electron chi connectivity index (χ1n) is 24.1. The van der Waals surface area contributed by atoms with Crippen LogP contribution in [0.4, 0.5) is 0 Å². The molecule has 0 amide bonds. The first kappa shape index (κ1) is 54.4. The molecule has 0 spiro atoms. The minimum absolute atomic E-state index is 0.0857. The lowest BCUT2D eigenvalue weighted by atomic mass is 10.0. The van der Waals surface area contributed by atoms with Gasteiger partial charge in [-0.05, 0) is 77.0 Å². The van der Waals surface area contributed by atoms with Gasteiger partial charge >= 0.3 is 17.9 Å². The lowest BCUT2D eigenvalue weighted by molar-refractivity contribution is -0.167. The normalized spacial score (nSPS) is 12.4. The number of ether oxygens (including phenoxy) is 3. The fourth-order valence-corrected chi connectivity index (χ4v) is 6.69. The summed E-state index contributed by atoms with van der Waals surface area (Å²) in [6, 6.07) is 0. The fraction of sp³-hybridized carbons (Fsp3) is 0.784. The van der Waals surface area contributed by atoms with E-state index in [4.69, 9.17) is 14.2 Å². The highest BCUT2D eigenvalue weighted by Crippen LogP contribution is 2.15. The molecule has 0 aromatic rings. The van der Waals surface area contributed by atoms with Crippen LogP contribution in [0.25, 0.3) is 0 Å². The van der Waals surface area contributed by atoms with Crippen molar-refractivity contribution in [1.82, 2.24) is 0 Å². The maximum absolute atomic E-state index is 12.7. The Balaban J connectivity index is 4.41. The quantitative estimate of drug-likeness (QED) is 0.0265. The second-order valence-corrected chi connectivity index (χ2v) is 16.0. The summed E-state index contributed by atoms with van der Waals surface area (Å²) >= 11 is 0. The minimum Gasteiger partial charge on any atom is -0.462 e. The maximum atomic E-state index is 12.7. The van der Waals surface area contributed by atoms with Crippen molar-refractivity contribution in [3.8, 4) is 0 Å². The van der Waals surface area contributed by atoms with Gasteiger partial charge in [0.25, 0.3) is 0 Å². The molecule has 0 aliphatic heterocycles. The number of esters is 3. The van der Waals surface area contributed by atoms with Crippen LogP contribution in [0.3, 0.4) is 0 Å². The molecule has 0 saturated carbocycles. The molecule has 0 fully saturated rings. The van der Waals surface area contributed by atoms with Crippen molar-refractivity contribution in [3.63, 3.8) is 0 Å². The molecular weight excluding hydrogens is 709 g/mol. The van der Waals surface area contributed by atoms with Gasteiger partial charge in [0.1, 0.15) is 13.2 Å². The average molecular weight is 799 g/mol. The third kappa shape index (κ3) is 44.3. The summed E-state index contributed by atoms with van der Waals surface area (Å²) < 4.78 is 16.7. The molecule has 0 aliphatic carbocycles. The van der Waals surface area contributed by atoms with Crippen LogP contribution in [-0.2, 0) is 28.6 Å². The van der Waals surface area contributed by atoms with Crippen molar-refractivity contribution in [3.05, 3.63) is 48.6 Å². The Kier molecular flexibility index (Phi) is 43.9.